The summed E-state index contributed by atoms with van der Waals surface area (Å²) in [6.45, 7) is 2.78. The maximum absolute atomic E-state index is 6.02. The standard InChI is InChI=1S/C20H21BrN4O3/c1-26-18-9-17-16(8-19(18)28-11-15-10-22-6-7-27-15)20(24-12-23-17)25-14-4-2-13(21)3-5-14/h2-5,8-9,12,15,22H,6-7,10-11H2,1H3,(H,23,24,25). The van der Waals surface area contributed by atoms with Crippen molar-refractivity contribution < 1.29 is 14.2 Å². The largest absolute Gasteiger partial charge is 0.493 e. The average molecular weight is 445 g/mol. The topological polar surface area (TPSA) is 77.5 Å². The smallest absolute Gasteiger partial charge is 0.162 e. The van der Waals surface area contributed by atoms with Gasteiger partial charge in [-0.2, -0.15) is 0 Å². The molecule has 2 heterocycles. The fourth-order valence-corrected chi connectivity index (χ4v) is 3.28. The lowest BCUT2D eigenvalue weighted by Crippen LogP contribution is -2.41. The molecule has 0 bridgehead atoms. The molecule has 0 radical (unpaired) electrons. The van der Waals surface area contributed by atoms with Crippen molar-refractivity contribution in [3.8, 4) is 11.5 Å². The van der Waals surface area contributed by atoms with E-state index in [1.165, 1.54) is 6.33 Å². The van der Waals surface area contributed by atoms with Crippen LogP contribution in [0.1, 0.15) is 0 Å². The summed E-state index contributed by atoms with van der Waals surface area (Å²) in [5.41, 5.74) is 1.71. The zero-order valence-corrected chi connectivity index (χ0v) is 17.0. The Bertz CT molecular complexity index is 946. The summed E-state index contributed by atoms with van der Waals surface area (Å²) >= 11 is 3.45. The zero-order chi connectivity index (χ0) is 19.3. The van der Waals surface area contributed by atoms with Crippen LogP contribution in [0.3, 0.4) is 0 Å². The van der Waals surface area contributed by atoms with E-state index in [1.807, 2.05) is 36.4 Å². The fourth-order valence-electron chi connectivity index (χ4n) is 3.02. The lowest BCUT2D eigenvalue weighted by molar-refractivity contribution is -0.000232. The minimum absolute atomic E-state index is 0.0153. The Morgan fingerprint density at radius 1 is 1.21 bits per heavy atom. The highest BCUT2D eigenvalue weighted by Crippen LogP contribution is 2.35. The van der Waals surface area contributed by atoms with Crippen LogP contribution < -0.4 is 20.1 Å². The summed E-state index contributed by atoms with van der Waals surface area (Å²) in [5.74, 6) is 1.97. The van der Waals surface area contributed by atoms with Crippen molar-refractivity contribution in [3.05, 3.63) is 47.2 Å². The molecule has 7 nitrogen and oxygen atoms in total. The summed E-state index contributed by atoms with van der Waals surface area (Å²) in [5, 5.41) is 7.49. The van der Waals surface area contributed by atoms with E-state index < -0.39 is 0 Å². The Morgan fingerprint density at radius 2 is 2.07 bits per heavy atom. The van der Waals surface area contributed by atoms with E-state index in [1.54, 1.807) is 7.11 Å². The molecular formula is C20H21BrN4O3. The van der Waals surface area contributed by atoms with Gasteiger partial charge in [0.25, 0.3) is 0 Å². The Balaban J connectivity index is 1.62. The number of fused-ring (bicyclic) bond motifs is 1. The molecule has 1 atom stereocenters. The number of anilines is 2. The first-order valence-corrected chi connectivity index (χ1v) is 9.82. The second-order valence-corrected chi connectivity index (χ2v) is 7.30. The summed E-state index contributed by atoms with van der Waals surface area (Å²) in [4.78, 5) is 8.77. The number of benzene rings is 2. The number of hydrogen-bond donors (Lipinski definition) is 2. The van der Waals surface area contributed by atoms with Gasteiger partial charge in [0.2, 0.25) is 0 Å². The predicted octanol–water partition coefficient (Wildman–Crippen LogP) is 3.51. The van der Waals surface area contributed by atoms with E-state index >= 15 is 0 Å². The molecule has 1 aliphatic rings. The molecule has 0 aliphatic carbocycles. The van der Waals surface area contributed by atoms with E-state index in [-0.39, 0.29) is 6.10 Å². The fraction of sp³-hybridized carbons (Fsp3) is 0.300. The quantitative estimate of drug-likeness (QED) is 0.601. The first-order chi connectivity index (χ1) is 13.7. The van der Waals surface area contributed by atoms with Crippen LogP contribution in [0.25, 0.3) is 10.9 Å². The number of aromatic nitrogens is 2. The molecule has 0 saturated carbocycles. The number of methoxy groups -OCH3 is 1. The Hall–Kier alpha value is -2.42. The number of nitrogens with one attached hydrogen (secondary N) is 2. The first-order valence-electron chi connectivity index (χ1n) is 9.03. The third-order valence-electron chi connectivity index (χ3n) is 4.46. The number of rotatable bonds is 6. The highest BCUT2D eigenvalue weighted by molar-refractivity contribution is 9.10. The molecule has 2 N–H and O–H groups in total. The van der Waals surface area contributed by atoms with Crippen LogP contribution in [0.15, 0.2) is 47.2 Å². The van der Waals surface area contributed by atoms with Gasteiger partial charge in [0, 0.05) is 34.7 Å². The minimum Gasteiger partial charge on any atom is -0.493 e. The molecule has 2 aromatic carbocycles. The molecule has 3 aromatic rings. The Kier molecular flexibility index (Phi) is 5.90. The summed E-state index contributed by atoms with van der Waals surface area (Å²) < 4.78 is 18.2. The Labute approximate surface area is 171 Å². The van der Waals surface area contributed by atoms with Crippen LogP contribution in [0, 0.1) is 0 Å². The van der Waals surface area contributed by atoms with Crippen molar-refractivity contribution in [2.75, 3.05) is 38.7 Å². The molecule has 0 spiro atoms. The minimum atomic E-state index is 0.0153. The van der Waals surface area contributed by atoms with Gasteiger partial charge in [0.1, 0.15) is 24.9 Å². The van der Waals surface area contributed by atoms with E-state index in [9.17, 15) is 0 Å². The van der Waals surface area contributed by atoms with Crippen LogP contribution >= 0.6 is 15.9 Å². The molecule has 1 aromatic heterocycles. The zero-order valence-electron chi connectivity index (χ0n) is 15.4. The molecular weight excluding hydrogens is 424 g/mol. The number of ether oxygens (including phenoxy) is 3. The van der Waals surface area contributed by atoms with E-state index in [2.05, 4.69) is 36.5 Å². The van der Waals surface area contributed by atoms with Crippen molar-refractivity contribution in [1.29, 1.82) is 0 Å². The summed E-state index contributed by atoms with van der Waals surface area (Å²) in [7, 11) is 1.62. The Morgan fingerprint density at radius 3 is 2.82 bits per heavy atom. The van der Waals surface area contributed by atoms with Gasteiger partial charge < -0.3 is 24.8 Å². The highest BCUT2D eigenvalue weighted by Gasteiger charge is 2.17. The molecule has 1 aliphatic heterocycles. The number of nitrogens with zero attached hydrogens (tertiary/aromatic N) is 2. The first kappa shape index (κ1) is 18.9. The monoisotopic (exact) mass is 444 g/mol. The van der Waals surface area contributed by atoms with Crippen LogP contribution in [0.4, 0.5) is 11.5 Å². The third-order valence-corrected chi connectivity index (χ3v) is 4.99. The summed E-state index contributed by atoms with van der Waals surface area (Å²) in [6.07, 6.45) is 1.55. The molecule has 146 valence electrons. The predicted molar refractivity (Wildman–Crippen MR) is 112 cm³/mol. The lowest BCUT2D eigenvalue weighted by atomic mass is 10.2. The van der Waals surface area contributed by atoms with Crippen LogP contribution in [-0.2, 0) is 4.74 Å². The molecule has 0 amide bonds. The van der Waals surface area contributed by atoms with Crippen LogP contribution in [0.2, 0.25) is 0 Å². The van der Waals surface area contributed by atoms with Gasteiger partial charge in [-0.25, -0.2) is 9.97 Å². The van der Waals surface area contributed by atoms with Crippen molar-refractivity contribution in [2.24, 2.45) is 0 Å². The lowest BCUT2D eigenvalue weighted by Gasteiger charge is -2.24. The molecule has 8 heteroatoms. The van der Waals surface area contributed by atoms with E-state index in [0.717, 1.165) is 34.2 Å². The van der Waals surface area contributed by atoms with Crippen molar-refractivity contribution in [3.63, 3.8) is 0 Å². The van der Waals surface area contributed by atoms with E-state index in [0.29, 0.717) is 30.5 Å². The van der Waals surface area contributed by atoms with Gasteiger partial charge >= 0.3 is 0 Å². The maximum Gasteiger partial charge on any atom is 0.162 e. The molecule has 4 rings (SSSR count). The van der Waals surface area contributed by atoms with Crippen LogP contribution in [-0.4, -0.2) is 49.5 Å². The molecule has 28 heavy (non-hydrogen) atoms. The van der Waals surface area contributed by atoms with Gasteiger partial charge in [-0.1, -0.05) is 15.9 Å². The normalized spacial score (nSPS) is 16.7. The average Bonchev–Trinajstić information content (AvgIpc) is 2.74. The SMILES string of the molecule is COc1cc2ncnc(Nc3ccc(Br)cc3)c2cc1OCC1CNCCO1. The van der Waals surface area contributed by atoms with E-state index in [4.69, 9.17) is 14.2 Å². The van der Waals surface area contributed by atoms with Gasteiger partial charge in [0.05, 0.1) is 19.2 Å². The van der Waals surface area contributed by atoms with Crippen molar-refractivity contribution in [1.82, 2.24) is 15.3 Å². The number of hydrogen-bond acceptors (Lipinski definition) is 7. The summed E-state index contributed by atoms with van der Waals surface area (Å²) in [6, 6.07) is 11.7. The second kappa shape index (κ2) is 8.72. The maximum atomic E-state index is 6.02. The highest BCUT2D eigenvalue weighted by atomic mass is 79.9. The number of halogens is 1. The third kappa shape index (κ3) is 4.35. The molecule has 1 fully saturated rings. The van der Waals surface area contributed by atoms with Crippen molar-refractivity contribution >= 4 is 38.3 Å². The molecule has 1 saturated heterocycles. The second-order valence-electron chi connectivity index (χ2n) is 6.38. The van der Waals surface area contributed by atoms with Gasteiger partial charge in [-0.05, 0) is 30.3 Å². The van der Waals surface area contributed by atoms with Gasteiger partial charge in [0.15, 0.2) is 11.5 Å². The van der Waals surface area contributed by atoms with Gasteiger partial charge in [-0.15, -0.1) is 0 Å². The van der Waals surface area contributed by atoms with Gasteiger partial charge in [-0.3, -0.25) is 0 Å². The van der Waals surface area contributed by atoms with Crippen LogP contribution in [0.5, 0.6) is 11.5 Å². The van der Waals surface area contributed by atoms with Crippen molar-refractivity contribution in [2.45, 2.75) is 6.10 Å². The molecule has 1 unspecified atom stereocenters. The number of morpholine rings is 1.